The molecule has 0 amide bonds. The molecule has 0 radical (unpaired) electrons. The molecule has 0 aliphatic rings. The average molecular weight is 290 g/mol. The van der Waals surface area contributed by atoms with Crippen molar-refractivity contribution >= 4 is 23.0 Å². The van der Waals surface area contributed by atoms with Crippen LogP contribution in [0, 0.1) is 5.82 Å². The number of rotatable bonds is 5. The number of nitrogens with one attached hydrogen (secondary N) is 1. The van der Waals surface area contributed by atoms with Crippen molar-refractivity contribution in [1.29, 1.82) is 0 Å². The molecule has 5 nitrogen and oxygen atoms in total. The van der Waals surface area contributed by atoms with Crippen LogP contribution >= 0.6 is 0 Å². The molecule has 4 N–H and O–H groups in total. The summed E-state index contributed by atoms with van der Waals surface area (Å²) in [6.07, 6.45) is 0. The normalized spacial score (nSPS) is 10.2. The van der Waals surface area contributed by atoms with Gasteiger partial charge < -0.3 is 20.9 Å². The van der Waals surface area contributed by atoms with Crippen molar-refractivity contribution in [2.45, 2.75) is 6.92 Å². The lowest BCUT2D eigenvalue weighted by atomic mass is 10.1. The summed E-state index contributed by atoms with van der Waals surface area (Å²) in [7, 11) is 0. The first-order valence-corrected chi connectivity index (χ1v) is 6.34. The molecule has 0 aromatic heterocycles. The number of halogens is 1. The summed E-state index contributed by atoms with van der Waals surface area (Å²) in [6, 6.07) is 9.28. The number of carbonyl (C=O) groups is 1. The van der Waals surface area contributed by atoms with Gasteiger partial charge in [0, 0.05) is 6.07 Å². The summed E-state index contributed by atoms with van der Waals surface area (Å²) in [5, 5.41) is 11.8. The first kappa shape index (κ1) is 14.6. The largest absolute Gasteiger partial charge is 0.492 e. The van der Waals surface area contributed by atoms with Crippen molar-refractivity contribution in [3.8, 4) is 5.75 Å². The Labute approximate surface area is 121 Å². The minimum Gasteiger partial charge on any atom is -0.492 e. The predicted molar refractivity (Wildman–Crippen MR) is 78.7 cm³/mol. The van der Waals surface area contributed by atoms with Crippen molar-refractivity contribution in [3.63, 3.8) is 0 Å². The van der Waals surface area contributed by atoms with Crippen molar-refractivity contribution in [2.24, 2.45) is 0 Å². The molecule has 0 fully saturated rings. The summed E-state index contributed by atoms with van der Waals surface area (Å²) in [5.41, 5.74) is 6.34. The second-order valence-electron chi connectivity index (χ2n) is 4.28. The fourth-order valence-electron chi connectivity index (χ4n) is 1.86. The lowest BCUT2D eigenvalue weighted by Crippen LogP contribution is -2.05. The van der Waals surface area contributed by atoms with Gasteiger partial charge in [0.25, 0.3) is 0 Å². The van der Waals surface area contributed by atoms with Gasteiger partial charge in [0.05, 0.1) is 29.2 Å². The number of carboxylic acids is 1. The predicted octanol–water partition coefficient (Wildman–Crippen LogP) is 3.25. The Bertz CT molecular complexity index is 674. The third-order valence-electron chi connectivity index (χ3n) is 2.83. The van der Waals surface area contributed by atoms with Gasteiger partial charge in [-0.15, -0.1) is 0 Å². The van der Waals surface area contributed by atoms with Gasteiger partial charge in [-0.3, -0.25) is 0 Å². The fraction of sp³-hybridized carbons (Fsp3) is 0.133. The monoisotopic (exact) mass is 290 g/mol. The lowest BCUT2D eigenvalue weighted by molar-refractivity contribution is 0.0692. The van der Waals surface area contributed by atoms with Crippen LogP contribution in [0.25, 0.3) is 0 Å². The van der Waals surface area contributed by atoms with Gasteiger partial charge in [0.2, 0.25) is 0 Å². The molecule has 0 heterocycles. The van der Waals surface area contributed by atoms with E-state index in [9.17, 15) is 9.18 Å². The lowest BCUT2D eigenvalue weighted by Gasteiger charge is -2.14. The molecule has 0 spiro atoms. The van der Waals surface area contributed by atoms with Crippen LogP contribution in [0.2, 0.25) is 0 Å². The van der Waals surface area contributed by atoms with Crippen LogP contribution in [0.5, 0.6) is 5.75 Å². The summed E-state index contributed by atoms with van der Waals surface area (Å²) >= 11 is 0. The number of ether oxygens (including phenoxy) is 1. The Hall–Kier alpha value is -2.76. The molecular weight excluding hydrogens is 275 g/mol. The molecule has 6 heteroatoms. The summed E-state index contributed by atoms with van der Waals surface area (Å²) < 4.78 is 19.2. The zero-order chi connectivity index (χ0) is 15.4. The average Bonchev–Trinajstić information content (AvgIpc) is 2.44. The topological polar surface area (TPSA) is 84.6 Å². The minimum atomic E-state index is -1.36. The maximum Gasteiger partial charge on any atom is 0.338 e. The highest BCUT2D eigenvalue weighted by atomic mass is 19.1. The standard InChI is InChI=1S/C15H15FN2O3/c1-2-21-14-6-4-3-5-12(14)18-13-8-10(16)9(15(19)20)7-11(13)17/h3-8,18H,2,17H2,1H3,(H,19,20). The summed E-state index contributed by atoms with van der Waals surface area (Å²) in [6.45, 7) is 2.34. The van der Waals surface area contributed by atoms with E-state index >= 15 is 0 Å². The van der Waals surface area contributed by atoms with Crippen LogP contribution in [-0.4, -0.2) is 17.7 Å². The smallest absolute Gasteiger partial charge is 0.338 e. The quantitative estimate of drug-likeness (QED) is 0.736. The van der Waals surface area contributed by atoms with Gasteiger partial charge in [-0.2, -0.15) is 0 Å². The third-order valence-corrected chi connectivity index (χ3v) is 2.83. The van der Waals surface area contributed by atoms with E-state index in [1.165, 1.54) is 0 Å². The number of hydrogen-bond donors (Lipinski definition) is 3. The van der Waals surface area contributed by atoms with Gasteiger partial charge in [-0.1, -0.05) is 12.1 Å². The van der Waals surface area contributed by atoms with Gasteiger partial charge in [-0.05, 0) is 25.1 Å². The number of para-hydroxylation sites is 2. The summed E-state index contributed by atoms with van der Waals surface area (Å²) in [5.74, 6) is -1.62. The van der Waals surface area contributed by atoms with Crippen LogP contribution in [-0.2, 0) is 0 Å². The van der Waals surface area contributed by atoms with E-state index in [-0.39, 0.29) is 11.4 Å². The third kappa shape index (κ3) is 3.22. The number of hydrogen-bond acceptors (Lipinski definition) is 4. The van der Waals surface area contributed by atoms with Crippen LogP contribution in [0.4, 0.5) is 21.5 Å². The van der Waals surface area contributed by atoms with Gasteiger partial charge >= 0.3 is 5.97 Å². The van der Waals surface area contributed by atoms with Crippen LogP contribution in [0.1, 0.15) is 17.3 Å². The molecule has 0 bridgehead atoms. The molecule has 0 aliphatic carbocycles. The number of carboxylic acid groups (broad SMARTS) is 1. The number of nitrogen functional groups attached to an aromatic ring is 1. The zero-order valence-electron chi connectivity index (χ0n) is 11.4. The van der Waals surface area contributed by atoms with Gasteiger partial charge in [-0.25, -0.2) is 9.18 Å². The van der Waals surface area contributed by atoms with Crippen molar-refractivity contribution < 1.29 is 19.0 Å². The minimum absolute atomic E-state index is 0.139. The van der Waals surface area contributed by atoms with Crippen LogP contribution < -0.4 is 15.8 Å². The van der Waals surface area contributed by atoms with Crippen molar-refractivity contribution in [1.82, 2.24) is 0 Å². The Morgan fingerprint density at radius 3 is 2.71 bits per heavy atom. The maximum absolute atomic E-state index is 13.7. The van der Waals surface area contributed by atoms with E-state index in [0.29, 0.717) is 18.0 Å². The second-order valence-corrected chi connectivity index (χ2v) is 4.28. The molecule has 0 unspecified atom stereocenters. The highest BCUT2D eigenvalue weighted by molar-refractivity contribution is 5.91. The van der Waals surface area contributed by atoms with Crippen molar-refractivity contribution in [2.75, 3.05) is 17.7 Å². The van der Waals surface area contributed by atoms with Crippen LogP contribution in [0.15, 0.2) is 36.4 Å². The van der Waals surface area contributed by atoms with Crippen LogP contribution in [0.3, 0.4) is 0 Å². The molecule has 0 saturated heterocycles. The molecule has 2 aromatic carbocycles. The Kier molecular flexibility index (Phi) is 4.27. The Balaban J connectivity index is 2.36. The van der Waals surface area contributed by atoms with Gasteiger partial charge in [0.1, 0.15) is 11.6 Å². The first-order chi connectivity index (χ1) is 10.0. The second kappa shape index (κ2) is 6.13. The highest BCUT2D eigenvalue weighted by Crippen LogP contribution is 2.31. The molecule has 2 rings (SSSR count). The Morgan fingerprint density at radius 2 is 2.05 bits per heavy atom. The highest BCUT2D eigenvalue weighted by Gasteiger charge is 2.14. The number of aromatic carboxylic acids is 1. The number of anilines is 3. The van der Waals surface area contributed by atoms with E-state index in [4.69, 9.17) is 15.6 Å². The molecule has 2 aromatic rings. The van der Waals surface area contributed by atoms with E-state index in [0.717, 1.165) is 12.1 Å². The first-order valence-electron chi connectivity index (χ1n) is 6.34. The molecular formula is C15H15FN2O3. The van der Waals surface area contributed by atoms with E-state index in [2.05, 4.69) is 5.32 Å². The zero-order valence-corrected chi connectivity index (χ0v) is 11.4. The van der Waals surface area contributed by atoms with E-state index in [1.807, 2.05) is 13.0 Å². The molecule has 0 saturated carbocycles. The molecule has 0 aliphatic heterocycles. The number of benzene rings is 2. The maximum atomic E-state index is 13.7. The SMILES string of the molecule is CCOc1ccccc1Nc1cc(F)c(C(=O)O)cc1N. The van der Waals surface area contributed by atoms with E-state index < -0.39 is 17.3 Å². The van der Waals surface area contributed by atoms with Crippen molar-refractivity contribution in [3.05, 3.63) is 47.8 Å². The fourth-order valence-corrected chi connectivity index (χ4v) is 1.86. The Morgan fingerprint density at radius 1 is 1.33 bits per heavy atom. The van der Waals surface area contributed by atoms with Gasteiger partial charge in [0.15, 0.2) is 0 Å². The molecule has 110 valence electrons. The number of nitrogens with two attached hydrogens (primary N) is 1. The molecule has 0 atom stereocenters. The van der Waals surface area contributed by atoms with E-state index in [1.54, 1.807) is 18.2 Å². The molecule has 21 heavy (non-hydrogen) atoms. The summed E-state index contributed by atoms with van der Waals surface area (Å²) in [4.78, 5) is 10.8.